The van der Waals surface area contributed by atoms with Crippen LogP contribution >= 0.6 is 0 Å². The number of esters is 1. The van der Waals surface area contributed by atoms with Crippen molar-refractivity contribution in [3.8, 4) is 0 Å². The zero-order chi connectivity index (χ0) is 11.1. The lowest BCUT2D eigenvalue weighted by Crippen LogP contribution is -2.25. The van der Waals surface area contributed by atoms with Crippen molar-refractivity contribution in [3.05, 3.63) is 29.8 Å². The molecule has 0 spiro atoms. The molecule has 1 atom stereocenters. The second-order valence-corrected chi connectivity index (χ2v) is 4.59. The molecule has 1 heterocycles. The first-order valence-corrected chi connectivity index (χ1v) is 5.63. The second kappa shape index (κ2) is 3.32. The number of hydrogen-bond donors (Lipinski definition) is 0. The minimum atomic E-state index is -4.40. The van der Waals surface area contributed by atoms with Crippen LogP contribution in [-0.4, -0.2) is 18.9 Å². The minimum absolute atomic E-state index is 0.277. The fourth-order valence-electron chi connectivity index (χ4n) is 1.34. The van der Waals surface area contributed by atoms with E-state index in [2.05, 4.69) is 0 Å². The molecule has 0 aliphatic carbocycles. The first kappa shape index (κ1) is 10.1. The topological polar surface area (TPSA) is 83.5 Å². The van der Waals surface area contributed by atoms with Crippen molar-refractivity contribution >= 4 is 16.1 Å². The molecule has 0 N–H and O–H groups in total. The van der Waals surface area contributed by atoms with Crippen molar-refractivity contribution in [1.29, 1.82) is 0 Å². The summed E-state index contributed by atoms with van der Waals surface area (Å²) < 4.78 is 36.6. The van der Waals surface area contributed by atoms with Gasteiger partial charge in [0.15, 0.2) is 0 Å². The molecule has 0 amide bonds. The van der Waals surface area contributed by atoms with Gasteiger partial charge in [0.05, 0.1) is 11.3 Å². The summed E-state index contributed by atoms with van der Waals surface area (Å²) in [6.45, 7) is 0. The smallest absolute Gasteiger partial charge is 0.310 e. The van der Waals surface area contributed by atoms with Crippen LogP contribution in [0.3, 0.4) is 0 Å². The predicted octanol–water partition coefficient (Wildman–Crippen LogP) is 0.579. The van der Waals surface area contributed by atoms with Gasteiger partial charge in [-0.2, -0.15) is 0 Å². The van der Waals surface area contributed by atoms with Crippen LogP contribution in [0.25, 0.3) is 0 Å². The van der Waals surface area contributed by atoms with Crippen LogP contribution in [-0.2, 0) is 19.6 Å². The Labute approximate surface area is 86.4 Å². The van der Waals surface area contributed by atoms with Gasteiger partial charge in [-0.3, -0.25) is 4.79 Å². The van der Waals surface area contributed by atoms with Crippen molar-refractivity contribution in [2.45, 2.75) is 17.4 Å². The molecule has 1 unspecified atom stereocenters. The molecule has 1 aliphatic rings. The van der Waals surface area contributed by atoms with Gasteiger partial charge in [0.1, 0.15) is 16.2 Å². The van der Waals surface area contributed by atoms with E-state index >= 15 is 0 Å². The van der Waals surface area contributed by atoms with Gasteiger partial charge in [0.25, 0.3) is 0 Å². The number of hydrogen-bond acceptors (Lipinski definition) is 5. The van der Waals surface area contributed by atoms with Gasteiger partial charge in [0.2, 0.25) is 0 Å². The van der Waals surface area contributed by atoms with Gasteiger partial charge in [-0.25, -0.2) is 8.42 Å². The Bertz CT molecular complexity index is 480. The summed E-state index contributed by atoms with van der Waals surface area (Å²) in [4.78, 5) is 10.3. The monoisotopic (exact) mass is 227 g/mol. The quantitative estimate of drug-likeness (QED) is 0.545. The Hall–Kier alpha value is -1.40. The van der Waals surface area contributed by atoms with Crippen LogP contribution in [0.15, 0.2) is 29.2 Å². The molecule has 5 nitrogen and oxygen atoms in total. The summed E-state index contributed by atoms with van der Waals surface area (Å²) >= 11 is 0. The van der Waals surface area contributed by atoms with Crippen LogP contribution in [0.5, 0.6) is 0 Å². The summed E-state index contributed by atoms with van der Waals surface area (Å²) in [5, 5.41) is 0. The maximum atomic E-state index is 10.6. The third-order valence-electron chi connectivity index (χ3n) is 2.17. The third kappa shape index (κ3) is 2.00. The molecule has 1 saturated heterocycles. The Morgan fingerprint density at radius 2 is 1.80 bits per heavy atom. The van der Waals surface area contributed by atoms with E-state index in [4.69, 9.17) is 4.74 Å². The molecule has 6 heteroatoms. The summed E-state index contributed by atoms with van der Waals surface area (Å²) in [6.07, 6.45) is -0.00961. The van der Waals surface area contributed by atoms with E-state index in [1.165, 1.54) is 24.3 Å². The Morgan fingerprint density at radius 3 is 2.20 bits per heavy atom. The van der Waals surface area contributed by atoms with E-state index in [1.807, 2.05) is 0 Å². The number of ether oxygens (including phenoxy) is 1. The molecule has 1 aliphatic heterocycles. The largest absolute Gasteiger partial charge is 0.744 e. The highest BCUT2D eigenvalue weighted by Gasteiger charge is 2.29. The zero-order valence-corrected chi connectivity index (χ0v) is 8.36. The van der Waals surface area contributed by atoms with E-state index in [-0.39, 0.29) is 17.0 Å². The molecule has 0 aromatic heterocycles. The third-order valence-corrected chi connectivity index (χ3v) is 3.02. The summed E-state index contributed by atoms with van der Waals surface area (Å²) in [5.74, 6) is -0.277. The van der Waals surface area contributed by atoms with Gasteiger partial charge >= 0.3 is 5.97 Å². The van der Waals surface area contributed by atoms with Crippen LogP contribution in [0.2, 0.25) is 0 Å². The standard InChI is InChI=1S/C9H8O5S/c10-9-5-8(14-9)6-1-3-7(4-2-6)15(11,12)13/h1-4,8H,5H2,(H,11,12,13)/p-1. The number of rotatable bonds is 2. The van der Waals surface area contributed by atoms with Crippen LogP contribution in [0, 0.1) is 0 Å². The number of carbonyl (C=O) groups is 1. The number of benzene rings is 1. The molecule has 1 aromatic carbocycles. The maximum Gasteiger partial charge on any atom is 0.310 e. The Balaban J connectivity index is 2.21. The molecule has 80 valence electrons. The Morgan fingerprint density at radius 1 is 1.27 bits per heavy atom. The normalized spacial score (nSPS) is 20.6. The fourth-order valence-corrected chi connectivity index (χ4v) is 1.80. The Kier molecular flexibility index (Phi) is 2.24. The zero-order valence-electron chi connectivity index (χ0n) is 7.54. The van der Waals surface area contributed by atoms with Crippen LogP contribution in [0.4, 0.5) is 0 Å². The van der Waals surface area contributed by atoms with E-state index in [1.54, 1.807) is 0 Å². The second-order valence-electron chi connectivity index (χ2n) is 3.21. The van der Waals surface area contributed by atoms with E-state index in [0.717, 1.165) is 0 Å². The van der Waals surface area contributed by atoms with Crippen molar-refractivity contribution in [2.24, 2.45) is 0 Å². The van der Waals surface area contributed by atoms with Gasteiger partial charge in [-0.15, -0.1) is 0 Å². The highest BCUT2D eigenvalue weighted by molar-refractivity contribution is 7.85. The van der Waals surface area contributed by atoms with Crippen molar-refractivity contribution in [1.82, 2.24) is 0 Å². The molecule has 0 bridgehead atoms. The maximum absolute atomic E-state index is 10.6. The molecule has 0 radical (unpaired) electrons. The lowest BCUT2D eigenvalue weighted by atomic mass is 10.0. The molecule has 1 aromatic rings. The van der Waals surface area contributed by atoms with Gasteiger partial charge in [0, 0.05) is 0 Å². The highest BCUT2D eigenvalue weighted by Crippen LogP contribution is 2.30. The van der Waals surface area contributed by atoms with Crippen molar-refractivity contribution < 1.29 is 22.5 Å². The van der Waals surface area contributed by atoms with Crippen molar-refractivity contribution in [3.63, 3.8) is 0 Å². The van der Waals surface area contributed by atoms with Crippen molar-refractivity contribution in [2.75, 3.05) is 0 Å². The fraction of sp³-hybridized carbons (Fsp3) is 0.222. The summed E-state index contributed by atoms with van der Waals surface area (Å²) in [5.41, 5.74) is 0.696. The lowest BCUT2D eigenvalue weighted by Gasteiger charge is -2.25. The van der Waals surface area contributed by atoms with E-state index < -0.39 is 10.1 Å². The van der Waals surface area contributed by atoms with Gasteiger partial charge in [-0.05, 0) is 17.7 Å². The molecule has 2 rings (SSSR count). The molecule has 15 heavy (non-hydrogen) atoms. The van der Waals surface area contributed by atoms with Crippen LogP contribution < -0.4 is 0 Å². The predicted molar refractivity (Wildman–Crippen MR) is 47.9 cm³/mol. The van der Waals surface area contributed by atoms with Gasteiger partial charge in [-0.1, -0.05) is 12.1 Å². The molecule has 0 saturated carbocycles. The first-order chi connectivity index (χ1) is 6.97. The van der Waals surface area contributed by atoms with E-state index in [9.17, 15) is 17.8 Å². The lowest BCUT2D eigenvalue weighted by molar-refractivity contribution is -0.170. The summed E-state index contributed by atoms with van der Waals surface area (Å²) in [6, 6.07) is 5.37. The number of cyclic esters (lactones) is 1. The number of carbonyl (C=O) groups excluding carboxylic acids is 1. The SMILES string of the molecule is O=C1CC(c2ccc(S(=O)(=O)[O-])cc2)O1. The average Bonchev–Trinajstić information content (AvgIpc) is 2.12. The molecule has 1 fully saturated rings. The summed E-state index contributed by atoms with van der Waals surface area (Å²) in [7, 11) is -4.40. The molecular weight excluding hydrogens is 220 g/mol. The van der Waals surface area contributed by atoms with E-state index in [0.29, 0.717) is 12.0 Å². The van der Waals surface area contributed by atoms with Gasteiger partial charge < -0.3 is 9.29 Å². The minimum Gasteiger partial charge on any atom is -0.744 e. The molecular formula is C9H7O5S-. The first-order valence-electron chi connectivity index (χ1n) is 4.22. The highest BCUT2D eigenvalue weighted by atomic mass is 32.2. The average molecular weight is 227 g/mol. The van der Waals surface area contributed by atoms with Crippen LogP contribution in [0.1, 0.15) is 18.1 Å².